The zero-order valence-electron chi connectivity index (χ0n) is 14.3. The molecule has 26 heavy (non-hydrogen) atoms. The molecule has 2 aromatic carbocycles. The molecule has 0 bridgehead atoms. The van der Waals surface area contributed by atoms with Crippen molar-refractivity contribution in [3.63, 3.8) is 0 Å². The second-order valence-corrected chi connectivity index (χ2v) is 5.44. The highest BCUT2D eigenvalue weighted by Gasteiger charge is 2.11. The molecule has 0 unspecified atom stereocenters. The summed E-state index contributed by atoms with van der Waals surface area (Å²) >= 11 is 0. The predicted molar refractivity (Wildman–Crippen MR) is 95.0 cm³/mol. The monoisotopic (exact) mass is 356 g/mol. The molecule has 0 saturated carbocycles. The molecule has 3 aromatic rings. The smallest absolute Gasteiger partial charge is 0.277 e. The molecular weight excluding hydrogens is 339 g/mol. The van der Waals surface area contributed by atoms with Crippen LogP contribution in [0.15, 0.2) is 58.0 Å². The maximum Gasteiger partial charge on any atom is 0.277 e. The maximum atomic E-state index is 13.4. The van der Waals surface area contributed by atoms with Gasteiger partial charge in [0.2, 0.25) is 0 Å². The summed E-state index contributed by atoms with van der Waals surface area (Å²) in [4.78, 5) is 11.8. The van der Waals surface area contributed by atoms with Crippen molar-refractivity contribution in [1.82, 2.24) is 5.43 Å². The lowest BCUT2D eigenvalue weighted by molar-refractivity contribution is -0.123. The number of rotatable bonds is 6. The minimum absolute atomic E-state index is 0.00716. The number of carbonyl (C=O) groups is 1. The second kappa shape index (κ2) is 7.69. The number of furan rings is 1. The van der Waals surface area contributed by atoms with Crippen molar-refractivity contribution in [2.24, 2.45) is 5.10 Å². The van der Waals surface area contributed by atoms with Crippen molar-refractivity contribution in [3.05, 3.63) is 60.1 Å². The van der Waals surface area contributed by atoms with Gasteiger partial charge in [-0.25, -0.2) is 9.82 Å². The number of hydrogen-bond acceptors (Lipinski definition) is 5. The van der Waals surface area contributed by atoms with E-state index < -0.39 is 11.7 Å². The molecule has 134 valence electrons. The van der Waals surface area contributed by atoms with Crippen molar-refractivity contribution in [2.75, 3.05) is 13.7 Å². The highest BCUT2D eigenvalue weighted by Crippen LogP contribution is 2.28. The average Bonchev–Trinajstić information content (AvgIpc) is 3.09. The van der Waals surface area contributed by atoms with Crippen LogP contribution in [-0.4, -0.2) is 25.3 Å². The number of methoxy groups -OCH3 is 1. The van der Waals surface area contributed by atoms with E-state index in [0.717, 1.165) is 5.39 Å². The zero-order chi connectivity index (χ0) is 18.5. The molecule has 1 heterocycles. The van der Waals surface area contributed by atoms with Crippen molar-refractivity contribution < 1.29 is 23.1 Å². The Hall–Kier alpha value is -3.35. The Morgan fingerprint density at radius 2 is 1.96 bits per heavy atom. The molecule has 0 radical (unpaired) electrons. The fraction of sp³-hybridized carbons (Fsp3) is 0.158. The van der Waals surface area contributed by atoms with Crippen molar-refractivity contribution in [3.8, 4) is 11.5 Å². The summed E-state index contributed by atoms with van der Waals surface area (Å²) in [5.74, 6) is 0.0777. The van der Waals surface area contributed by atoms with Crippen LogP contribution in [0.5, 0.6) is 11.5 Å². The van der Waals surface area contributed by atoms with E-state index in [4.69, 9.17) is 13.9 Å². The number of hydrazone groups is 1. The number of halogens is 1. The first kappa shape index (κ1) is 17.5. The molecule has 0 saturated heterocycles. The Morgan fingerprint density at radius 1 is 1.19 bits per heavy atom. The molecule has 1 amide bonds. The minimum atomic E-state index is -0.531. The summed E-state index contributed by atoms with van der Waals surface area (Å²) in [6, 6.07) is 13.2. The molecule has 3 rings (SSSR count). The van der Waals surface area contributed by atoms with E-state index in [1.54, 1.807) is 32.2 Å². The molecule has 1 N–H and O–H groups in total. The third kappa shape index (κ3) is 3.83. The van der Waals surface area contributed by atoms with Gasteiger partial charge in [0.05, 0.1) is 7.11 Å². The van der Waals surface area contributed by atoms with Crippen LogP contribution < -0.4 is 14.9 Å². The Bertz CT molecular complexity index is 965. The first-order valence-electron chi connectivity index (χ1n) is 7.86. The van der Waals surface area contributed by atoms with Gasteiger partial charge in [-0.05, 0) is 31.2 Å². The van der Waals surface area contributed by atoms with Crippen LogP contribution in [0.1, 0.15) is 12.7 Å². The number of fused-ring (bicyclic) bond motifs is 1. The van der Waals surface area contributed by atoms with Gasteiger partial charge in [-0.15, -0.1) is 0 Å². The lowest BCUT2D eigenvalue weighted by Crippen LogP contribution is -2.25. The van der Waals surface area contributed by atoms with Gasteiger partial charge in [0.15, 0.2) is 35.3 Å². The third-order valence-corrected chi connectivity index (χ3v) is 3.63. The molecule has 0 fully saturated rings. The quantitative estimate of drug-likeness (QED) is 0.542. The Balaban J connectivity index is 1.64. The summed E-state index contributed by atoms with van der Waals surface area (Å²) in [7, 11) is 1.56. The number of ether oxygens (including phenoxy) is 2. The van der Waals surface area contributed by atoms with Crippen LogP contribution in [-0.2, 0) is 4.79 Å². The van der Waals surface area contributed by atoms with Crippen molar-refractivity contribution in [1.29, 1.82) is 0 Å². The zero-order valence-corrected chi connectivity index (χ0v) is 14.3. The molecule has 0 aliphatic rings. The summed E-state index contributed by atoms with van der Waals surface area (Å²) in [6.45, 7) is 1.34. The van der Waals surface area contributed by atoms with Gasteiger partial charge in [0.25, 0.3) is 5.91 Å². The molecule has 0 aliphatic heterocycles. The number of benzene rings is 2. The van der Waals surface area contributed by atoms with Crippen LogP contribution in [0, 0.1) is 5.82 Å². The van der Waals surface area contributed by atoms with Crippen LogP contribution in [0.2, 0.25) is 0 Å². The largest absolute Gasteiger partial charge is 0.493 e. The summed E-state index contributed by atoms with van der Waals surface area (Å²) in [5, 5.41) is 4.85. The number of para-hydroxylation sites is 2. The van der Waals surface area contributed by atoms with Crippen molar-refractivity contribution >= 4 is 22.6 Å². The van der Waals surface area contributed by atoms with Gasteiger partial charge >= 0.3 is 0 Å². The average molecular weight is 356 g/mol. The topological polar surface area (TPSA) is 73.1 Å². The fourth-order valence-electron chi connectivity index (χ4n) is 2.31. The maximum absolute atomic E-state index is 13.4. The van der Waals surface area contributed by atoms with Gasteiger partial charge in [-0.2, -0.15) is 5.10 Å². The predicted octanol–water partition coefficient (Wildman–Crippen LogP) is 3.50. The first-order valence-corrected chi connectivity index (χ1v) is 7.86. The highest BCUT2D eigenvalue weighted by molar-refractivity contribution is 6.01. The molecule has 6 nitrogen and oxygen atoms in total. The highest BCUT2D eigenvalue weighted by atomic mass is 19.1. The summed E-state index contributed by atoms with van der Waals surface area (Å²) < 4.78 is 29.5. The van der Waals surface area contributed by atoms with E-state index in [2.05, 4.69) is 10.5 Å². The lowest BCUT2D eigenvalue weighted by atomic mass is 10.2. The lowest BCUT2D eigenvalue weighted by Gasteiger charge is -2.05. The molecular formula is C19H17FN2O4. The van der Waals surface area contributed by atoms with Crippen LogP contribution in [0.4, 0.5) is 4.39 Å². The second-order valence-electron chi connectivity index (χ2n) is 5.44. The molecule has 7 heteroatoms. The number of hydrogen-bond donors (Lipinski definition) is 1. The van der Waals surface area contributed by atoms with Gasteiger partial charge in [0, 0.05) is 5.39 Å². The summed E-state index contributed by atoms with van der Waals surface area (Å²) in [6.07, 6.45) is 0. The molecule has 0 aliphatic carbocycles. The number of carbonyl (C=O) groups excluding carboxylic acids is 1. The Kier molecular flexibility index (Phi) is 5.17. The Labute approximate surface area is 149 Å². The van der Waals surface area contributed by atoms with Crippen molar-refractivity contribution in [2.45, 2.75) is 6.92 Å². The molecule has 1 aromatic heterocycles. The van der Waals surface area contributed by atoms with E-state index in [9.17, 15) is 9.18 Å². The Morgan fingerprint density at radius 3 is 2.73 bits per heavy atom. The van der Waals surface area contributed by atoms with Crippen LogP contribution in [0.25, 0.3) is 11.0 Å². The van der Waals surface area contributed by atoms with Crippen LogP contribution in [0.3, 0.4) is 0 Å². The normalized spacial score (nSPS) is 11.4. The van der Waals surface area contributed by atoms with E-state index >= 15 is 0 Å². The summed E-state index contributed by atoms with van der Waals surface area (Å²) in [5.41, 5.74) is 3.43. The molecule has 0 spiro atoms. The van der Waals surface area contributed by atoms with Crippen LogP contribution >= 0.6 is 0 Å². The van der Waals surface area contributed by atoms with E-state index in [0.29, 0.717) is 22.8 Å². The minimum Gasteiger partial charge on any atom is -0.493 e. The fourth-order valence-corrected chi connectivity index (χ4v) is 2.31. The number of nitrogens with one attached hydrogen (secondary N) is 1. The SMILES string of the molecule is COc1cccc2cc(/C(C)=N\NC(=O)COc3ccccc3F)oc12. The van der Waals surface area contributed by atoms with Gasteiger partial charge in [-0.3, -0.25) is 4.79 Å². The van der Waals surface area contributed by atoms with E-state index in [1.807, 2.05) is 12.1 Å². The van der Waals surface area contributed by atoms with Gasteiger partial charge in [-0.1, -0.05) is 24.3 Å². The number of nitrogens with zero attached hydrogens (tertiary/aromatic N) is 1. The standard InChI is InChI=1S/C19H17FN2O4/c1-12(17-10-13-6-5-9-16(24-2)19(13)26-17)21-22-18(23)11-25-15-8-4-3-7-14(15)20/h3-10H,11H2,1-2H3,(H,22,23)/b21-12-. The van der Waals surface area contributed by atoms with E-state index in [1.165, 1.54) is 18.2 Å². The van der Waals surface area contributed by atoms with Gasteiger partial charge in [0.1, 0.15) is 5.71 Å². The third-order valence-electron chi connectivity index (χ3n) is 3.63. The first-order chi connectivity index (χ1) is 12.6. The van der Waals surface area contributed by atoms with E-state index in [-0.39, 0.29) is 12.4 Å². The van der Waals surface area contributed by atoms with Gasteiger partial charge < -0.3 is 13.9 Å². The molecule has 0 atom stereocenters. The number of amides is 1.